The van der Waals surface area contributed by atoms with Gasteiger partial charge in [0.1, 0.15) is 5.84 Å². The van der Waals surface area contributed by atoms with E-state index >= 15 is 0 Å². The highest BCUT2D eigenvalue weighted by atomic mass is 16.2. The van der Waals surface area contributed by atoms with E-state index in [-0.39, 0.29) is 11.9 Å². The van der Waals surface area contributed by atoms with Crippen LogP contribution >= 0.6 is 0 Å². The Bertz CT molecular complexity index is 463. The molecule has 16 heavy (non-hydrogen) atoms. The predicted octanol–water partition coefficient (Wildman–Crippen LogP) is -1.36. The average Bonchev–Trinajstić information content (AvgIpc) is 2.27. The molecule has 0 aromatic rings. The third-order valence-electron chi connectivity index (χ3n) is 2.91. The summed E-state index contributed by atoms with van der Waals surface area (Å²) in [6.45, 7) is 1.79. The standard InChI is InChI=1S/C10H12N4O2/c1-5-4-12-8-6(7(5)11)9(15)14(3)10(16)13(8)2/h4,6,11H,1-3H3/p+1. The molecule has 2 N–H and O–H groups in total. The highest BCUT2D eigenvalue weighted by Gasteiger charge is 2.46. The van der Waals surface area contributed by atoms with Crippen molar-refractivity contribution < 1.29 is 15.0 Å². The topological polar surface area (TPSA) is 78.6 Å². The van der Waals surface area contributed by atoms with Gasteiger partial charge >= 0.3 is 6.03 Å². The molecule has 0 aliphatic carbocycles. The molecule has 0 spiro atoms. The van der Waals surface area contributed by atoms with E-state index in [2.05, 4.69) is 4.99 Å². The van der Waals surface area contributed by atoms with Gasteiger partial charge in [-0.25, -0.2) is 9.79 Å². The summed E-state index contributed by atoms with van der Waals surface area (Å²) in [6.07, 6.45) is 1.57. The zero-order valence-electron chi connectivity index (χ0n) is 9.39. The molecule has 2 heterocycles. The van der Waals surface area contributed by atoms with Crippen molar-refractivity contribution >= 4 is 23.5 Å². The summed E-state index contributed by atoms with van der Waals surface area (Å²) in [4.78, 5) is 30.1. The highest BCUT2D eigenvalue weighted by Crippen LogP contribution is 2.22. The zero-order valence-corrected chi connectivity index (χ0v) is 9.39. The van der Waals surface area contributed by atoms with Crippen LogP contribution in [0.3, 0.4) is 0 Å². The molecular weight excluding hydrogens is 208 g/mol. The van der Waals surface area contributed by atoms with Gasteiger partial charge in [-0.15, -0.1) is 0 Å². The first-order valence-corrected chi connectivity index (χ1v) is 4.87. The summed E-state index contributed by atoms with van der Waals surface area (Å²) >= 11 is 0. The van der Waals surface area contributed by atoms with Gasteiger partial charge in [0.25, 0.3) is 5.91 Å². The first kappa shape index (κ1) is 10.5. The number of rotatable bonds is 0. The van der Waals surface area contributed by atoms with E-state index in [1.807, 2.05) is 0 Å². The summed E-state index contributed by atoms with van der Waals surface area (Å²) in [5.74, 6) is -0.555. The first-order valence-electron chi connectivity index (χ1n) is 4.87. The summed E-state index contributed by atoms with van der Waals surface area (Å²) < 4.78 is 0. The number of nitrogens with two attached hydrogens (primary N) is 1. The van der Waals surface area contributed by atoms with Crippen molar-refractivity contribution in [3.8, 4) is 0 Å². The van der Waals surface area contributed by atoms with Crippen LogP contribution in [0.4, 0.5) is 4.79 Å². The lowest BCUT2D eigenvalue weighted by molar-refractivity contribution is -0.135. The van der Waals surface area contributed by atoms with E-state index in [1.54, 1.807) is 20.2 Å². The molecule has 1 atom stereocenters. The van der Waals surface area contributed by atoms with Gasteiger partial charge in [0.15, 0.2) is 11.6 Å². The quantitative estimate of drug-likeness (QED) is 0.548. The summed E-state index contributed by atoms with van der Waals surface area (Å²) in [6, 6.07) is -0.388. The normalized spacial score (nSPS) is 25.4. The summed E-state index contributed by atoms with van der Waals surface area (Å²) in [7, 11) is 3.03. The third kappa shape index (κ3) is 1.19. The largest absolute Gasteiger partial charge is 0.331 e. The number of aliphatic imine (C=N–C) groups is 1. The number of hydrogen-bond donors (Lipinski definition) is 1. The van der Waals surface area contributed by atoms with Crippen molar-refractivity contribution in [2.45, 2.75) is 6.92 Å². The lowest BCUT2D eigenvalue weighted by Crippen LogP contribution is -2.63. The second-order valence-electron chi connectivity index (χ2n) is 3.93. The Morgan fingerprint density at radius 2 is 1.94 bits per heavy atom. The van der Waals surface area contributed by atoms with Crippen LogP contribution in [-0.2, 0) is 4.79 Å². The molecule has 0 aromatic carbocycles. The molecule has 1 saturated heterocycles. The number of allylic oxidation sites excluding steroid dienone is 1. The van der Waals surface area contributed by atoms with Crippen LogP contribution in [0.2, 0.25) is 0 Å². The van der Waals surface area contributed by atoms with E-state index in [4.69, 9.17) is 5.41 Å². The summed E-state index contributed by atoms with van der Waals surface area (Å²) in [5, 5.41) is 5.88. The number of amidine groups is 1. The molecule has 0 saturated carbocycles. The number of carbonyl (C=O) groups is 2. The van der Waals surface area contributed by atoms with Crippen LogP contribution in [0.5, 0.6) is 0 Å². The van der Waals surface area contributed by atoms with Gasteiger partial charge < -0.3 is 0 Å². The molecule has 1 unspecified atom stereocenters. The lowest BCUT2D eigenvalue weighted by atomic mass is 9.91. The van der Waals surface area contributed by atoms with Crippen LogP contribution in [0.1, 0.15) is 6.92 Å². The average molecular weight is 221 g/mol. The zero-order chi connectivity index (χ0) is 12.0. The van der Waals surface area contributed by atoms with Crippen molar-refractivity contribution in [1.82, 2.24) is 9.80 Å². The van der Waals surface area contributed by atoms with E-state index in [1.165, 1.54) is 11.9 Å². The Labute approximate surface area is 92.7 Å². The number of amides is 3. The first-order chi connectivity index (χ1) is 7.45. The molecule has 84 valence electrons. The van der Waals surface area contributed by atoms with Crippen LogP contribution in [-0.4, -0.2) is 47.4 Å². The molecule has 0 bridgehead atoms. The number of nitrogens with zero attached hydrogens (tertiary/aromatic N) is 3. The van der Waals surface area contributed by atoms with Gasteiger partial charge in [0.2, 0.25) is 0 Å². The van der Waals surface area contributed by atoms with Gasteiger partial charge in [-0.05, 0) is 6.92 Å². The minimum atomic E-state index is -0.627. The van der Waals surface area contributed by atoms with E-state index in [9.17, 15) is 9.59 Å². The van der Waals surface area contributed by atoms with Crippen molar-refractivity contribution in [2.24, 2.45) is 10.9 Å². The van der Waals surface area contributed by atoms with Crippen LogP contribution in [0, 0.1) is 5.92 Å². The third-order valence-corrected chi connectivity index (χ3v) is 2.91. The van der Waals surface area contributed by atoms with E-state index in [0.717, 1.165) is 10.5 Å². The number of imide groups is 1. The minimum absolute atomic E-state index is 0.327. The maximum atomic E-state index is 11.9. The van der Waals surface area contributed by atoms with Gasteiger partial charge in [0.05, 0.1) is 0 Å². The summed E-state index contributed by atoms with van der Waals surface area (Å²) in [5.41, 5.74) is 1.22. The van der Waals surface area contributed by atoms with Gasteiger partial charge in [0, 0.05) is 25.9 Å². The second kappa shape index (κ2) is 3.26. The Hall–Kier alpha value is -1.98. The Kier molecular flexibility index (Phi) is 2.15. The van der Waals surface area contributed by atoms with Crippen LogP contribution in [0.25, 0.3) is 0 Å². The SMILES string of the molecule is CC1=CN=C2C(C1=[NH2+])C(=O)N(C)C(=O)N2C. The minimum Gasteiger partial charge on any atom is -0.284 e. The van der Waals surface area contributed by atoms with E-state index in [0.29, 0.717) is 11.5 Å². The molecule has 0 radical (unpaired) electrons. The van der Waals surface area contributed by atoms with Gasteiger partial charge in [-0.1, -0.05) is 0 Å². The van der Waals surface area contributed by atoms with Gasteiger partial charge in [-0.2, -0.15) is 0 Å². The fraction of sp³-hybridized carbons (Fsp3) is 0.400. The second-order valence-corrected chi connectivity index (χ2v) is 3.93. The van der Waals surface area contributed by atoms with Gasteiger partial charge in [-0.3, -0.25) is 20.0 Å². The maximum absolute atomic E-state index is 11.9. The molecule has 1 fully saturated rings. The van der Waals surface area contributed by atoms with Crippen molar-refractivity contribution in [2.75, 3.05) is 14.1 Å². The van der Waals surface area contributed by atoms with Crippen LogP contribution < -0.4 is 5.41 Å². The van der Waals surface area contributed by atoms with Crippen LogP contribution in [0.15, 0.2) is 16.8 Å². The Morgan fingerprint density at radius 3 is 2.56 bits per heavy atom. The van der Waals surface area contributed by atoms with E-state index < -0.39 is 5.92 Å². The number of fused-ring (bicyclic) bond motifs is 1. The monoisotopic (exact) mass is 221 g/mol. The van der Waals surface area contributed by atoms with Crippen molar-refractivity contribution in [1.29, 1.82) is 0 Å². The molecule has 6 nitrogen and oxygen atoms in total. The molecule has 6 heteroatoms. The highest BCUT2D eigenvalue weighted by molar-refractivity contribution is 6.31. The molecular formula is C10H13N4O2+. The number of carbonyl (C=O) groups excluding carboxylic acids is 2. The fourth-order valence-electron chi connectivity index (χ4n) is 1.81. The number of hydrogen-bond acceptors (Lipinski definition) is 3. The molecule has 2 rings (SSSR count). The molecule has 2 aliphatic heterocycles. The molecule has 3 amide bonds. The maximum Gasteiger partial charge on any atom is 0.331 e. The smallest absolute Gasteiger partial charge is 0.284 e. The molecule has 0 aromatic heterocycles. The lowest BCUT2D eigenvalue weighted by Gasteiger charge is -2.35. The predicted molar refractivity (Wildman–Crippen MR) is 57.5 cm³/mol. The van der Waals surface area contributed by atoms with Crippen molar-refractivity contribution in [3.63, 3.8) is 0 Å². The Morgan fingerprint density at radius 1 is 1.31 bits per heavy atom. The molecule has 2 aliphatic rings. The van der Waals surface area contributed by atoms with Crippen molar-refractivity contribution in [3.05, 3.63) is 11.8 Å². The Balaban J connectivity index is 2.53. The number of urea groups is 1. The fourth-order valence-corrected chi connectivity index (χ4v) is 1.81.